The lowest BCUT2D eigenvalue weighted by molar-refractivity contribution is 0.312. The second-order valence-electron chi connectivity index (χ2n) is 8.61. The average molecular weight is 414 g/mol. The molecule has 1 atom stereocenters. The van der Waals surface area contributed by atoms with Crippen LogP contribution in [-0.4, -0.2) is 32.4 Å². The fourth-order valence-electron chi connectivity index (χ4n) is 5.31. The Balaban J connectivity index is 1.20. The minimum Gasteiger partial charge on any atom is -0.372 e. The van der Waals surface area contributed by atoms with Gasteiger partial charge in [0.1, 0.15) is 5.82 Å². The zero-order valence-electron chi connectivity index (χ0n) is 17.4. The van der Waals surface area contributed by atoms with E-state index in [1.165, 1.54) is 11.3 Å². The van der Waals surface area contributed by atoms with Gasteiger partial charge in [-0.15, -0.1) is 0 Å². The number of aromatic nitrogens is 4. The molecule has 156 valence electrons. The Labute approximate surface area is 180 Å². The Bertz CT molecular complexity index is 1230. The molecule has 1 saturated heterocycles. The second-order valence-corrected chi connectivity index (χ2v) is 8.61. The van der Waals surface area contributed by atoms with Crippen LogP contribution in [0.2, 0.25) is 0 Å². The van der Waals surface area contributed by atoms with Crippen LogP contribution in [0.5, 0.6) is 0 Å². The SMILES string of the molecule is Cn1cc(-c2ccc(N3CCC([C@H]4c5c(F)cccc5-c5cncn54)CC3)cc2)cn1. The molecule has 0 amide bonds. The summed E-state index contributed by atoms with van der Waals surface area (Å²) in [5.74, 6) is 0.302. The number of hydrogen-bond acceptors (Lipinski definition) is 3. The number of rotatable bonds is 3. The van der Waals surface area contributed by atoms with Crippen molar-refractivity contribution in [3.63, 3.8) is 0 Å². The first-order chi connectivity index (χ1) is 15.2. The fourth-order valence-corrected chi connectivity index (χ4v) is 5.31. The van der Waals surface area contributed by atoms with Crippen LogP contribution in [0.1, 0.15) is 24.4 Å². The summed E-state index contributed by atoms with van der Waals surface area (Å²) in [6.07, 6.45) is 9.70. The highest BCUT2D eigenvalue weighted by atomic mass is 19.1. The molecular weight excluding hydrogens is 389 g/mol. The number of hydrogen-bond donors (Lipinski definition) is 0. The van der Waals surface area contributed by atoms with E-state index >= 15 is 0 Å². The van der Waals surface area contributed by atoms with Gasteiger partial charge in [-0.05, 0) is 42.5 Å². The van der Waals surface area contributed by atoms with Gasteiger partial charge in [0.2, 0.25) is 0 Å². The van der Waals surface area contributed by atoms with Gasteiger partial charge in [0, 0.05) is 48.7 Å². The second kappa shape index (κ2) is 7.08. The molecule has 1 fully saturated rings. The summed E-state index contributed by atoms with van der Waals surface area (Å²) in [5, 5.41) is 4.26. The van der Waals surface area contributed by atoms with Gasteiger partial charge in [-0.25, -0.2) is 9.37 Å². The van der Waals surface area contributed by atoms with Gasteiger partial charge in [0.05, 0.1) is 30.5 Å². The summed E-state index contributed by atoms with van der Waals surface area (Å²) >= 11 is 0. The molecule has 2 aliphatic rings. The van der Waals surface area contributed by atoms with E-state index in [4.69, 9.17) is 0 Å². The Kier molecular flexibility index (Phi) is 4.19. The van der Waals surface area contributed by atoms with Crippen molar-refractivity contribution in [1.82, 2.24) is 19.3 Å². The third-order valence-electron chi connectivity index (χ3n) is 6.85. The third kappa shape index (κ3) is 2.97. The molecule has 2 aromatic heterocycles. The smallest absolute Gasteiger partial charge is 0.129 e. The van der Waals surface area contributed by atoms with Crippen LogP contribution in [-0.2, 0) is 7.05 Å². The van der Waals surface area contributed by atoms with Crippen molar-refractivity contribution >= 4 is 5.69 Å². The van der Waals surface area contributed by atoms with E-state index in [-0.39, 0.29) is 11.9 Å². The Morgan fingerprint density at radius 2 is 1.77 bits per heavy atom. The summed E-state index contributed by atoms with van der Waals surface area (Å²) in [7, 11) is 1.93. The first-order valence-corrected chi connectivity index (χ1v) is 10.8. The molecule has 4 heterocycles. The van der Waals surface area contributed by atoms with Crippen LogP contribution in [0.3, 0.4) is 0 Å². The lowest BCUT2D eigenvalue weighted by atomic mass is 9.85. The average Bonchev–Trinajstić information content (AvgIpc) is 3.51. The molecule has 0 N–H and O–H groups in total. The fraction of sp³-hybridized carbons (Fsp3) is 0.280. The predicted octanol–water partition coefficient (Wildman–Crippen LogP) is 4.91. The topological polar surface area (TPSA) is 38.9 Å². The van der Waals surface area contributed by atoms with Crippen LogP contribution in [0.4, 0.5) is 10.1 Å². The Hall–Kier alpha value is -3.41. The number of fused-ring (bicyclic) bond motifs is 3. The zero-order valence-corrected chi connectivity index (χ0v) is 17.4. The predicted molar refractivity (Wildman–Crippen MR) is 119 cm³/mol. The minimum atomic E-state index is -0.0976. The molecule has 5 nitrogen and oxygen atoms in total. The highest BCUT2D eigenvalue weighted by molar-refractivity contribution is 5.69. The highest BCUT2D eigenvalue weighted by Crippen LogP contribution is 2.46. The Morgan fingerprint density at radius 1 is 0.968 bits per heavy atom. The Morgan fingerprint density at radius 3 is 2.52 bits per heavy atom. The minimum absolute atomic E-state index is 0.0452. The van der Waals surface area contributed by atoms with Crippen LogP contribution in [0, 0.1) is 11.7 Å². The maximum atomic E-state index is 14.8. The number of halogens is 1. The van der Waals surface area contributed by atoms with E-state index in [1.54, 1.807) is 12.1 Å². The van der Waals surface area contributed by atoms with Gasteiger partial charge < -0.3 is 9.47 Å². The summed E-state index contributed by atoms with van der Waals surface area (Å²) < 4.78 is 18.8. The summed E-state index contributed by atoms with van der Waals surface area (Å²) in [6.45, 7) is 1.95. The first kappa shape index (κ1) is 18.4. The molecule has 0 bridgehead atoms. The monoisotopic (exact) mass is 413 g/mol. The summed E-state index contributed by atoms with van der Waals surface area (Å²) in [6, 6.07) is 14.2. The van der Waals surface area contributed by atoms with E-state index in [2.05, 4.69) is 43.8 Å². The van der Waals surface area contributed by atoms with E-state index in [0.717, 1.165) is 48.3 Å². The summed E-state index contributed by atoms with van der Waals surface area (Å²) in [5.41, 5.74) is 6.43. The molecule has 0 radical (unpaired) electrons. The number of nitrogens with zero attached hydrogens (tertiary/aromatic N) is 5. The normalized spacial score (nSPS) is 18.3. The van der Waals surface area contributed by atoms with Crippen molar-refractivity contribution < 1.29 is 4.39 Å². The number of benzene rings is 2. The first-order valence-electron chi connectivity index (χ1n) is 10.8. The maximum Gasteiger partial charge on any atom is 0.129 e. The molecule has 0 spiro atoms. The molecule has 31 heavy (non-hydrogen) atoms. The zero-order chi connectivity index (χ0) is 20.9. The summed E-state index contributed by atoms with van der Waals surface area (Å²) in [4.78, 5) is 6.78. The molecule has 0 unspecified atom stereocenters. The standard InChI is InChI=1S/C25H24FN5/c1-29-15-19(13-28-29)17-5-7-20(8-6-17)30-11-9-18(10-12-30)25-24-21(3-2-4-22(24)26)23-14-27-16-31(23)25/h2-8,13-16,18,25H,9-12H2,1H3/t25-/m0/s1. The quantitative estimate of drug-likeness (QED) is 0.479. The molecular formula is C25H24FN5. The number of anilines is 1. The van der Waals surface area contributed by atoms with Crippen LogP contribution in [0.15, 0.2) is 67.4 Å². The van der Waals surface area contributed by atoms with E-state index in [0.29, 0.717) is 5.92 Å². The van der Waals surface area contributed by atoms with Crippen LogP contribution in [0.25, 0.3) is 22.4 Å². The lowest BCUT2D eigenvalue weighted by Crippen LogP contribution is -2.36. The highest BCUT2D eigenvalue weighted by Gasteiger charge is 2.37. The van der Waals surface area contributed by atoms with Crippen LogP contribution < -0.4 is 4.90 Å². The van der Waals surface area contributed by atoms with E-state index in [1.807, 2.05) is 42.7 Å². The van der Waals surface area contributed by atoms with Gasteiger partial charge in [-0.2, -0.15) is 5.10 Å². The number of aryl methyl sites for hydroxylation is 1. The third-order valence-corrected chi connectivity index (χ3v) is 6.85. The van der Waals surface area contributed by atoms with Crippen molar-refractivity contribution in [2.24, 2.45) is 13.0 Å². The molecule has 2 aromatic carbocycles. The van der Waals surface area contributed by atoms with E-state index < -0.39 is 0 Å². The van der Waals surface area contributed by atoms with Crippen molar-refractivity contribution in [3.05, 3.63) is 78.8 Å². The van der Waals surface area contributed by atoms with Gasteiger partial charge in [-0.3, -0.25) is 4.68 Å². The lowest BCUT2D eigenvalue weighted by Gasteiger charge is -2.37. The molecule has 4 aromatic rings. The van der Waals surface area contributed by atoms with Gasteiger partial charge in [0.25, 0.3) is 0 Å². The van der Waals surface area contributed by atoms with E-state index in [9.17, 15) is 4.39 Å². The van der Waals surface area contributed by atoms with Crippen molar-refractivity contribution in [1.29, 1.82) is 0 Å². The number of imidazole rings is 1. The molecule has 0 aliphatic carbocycles. The number of piperidine rings is 1. The van der Waals surface area contributed by atoms with Gasteiger partial charge >= 0.3 is 0 Å². The van der Waals surface area contributed by atoms with Crippen molar-refractivity contribution in [3.8, 4) is 22.4 Å². The van der Waals surface area contributed by atoms with Crippen molar-refractivity contribution in [2.75, 3.05) is 18.0 Å². The molecule has 6 rings (SSSR count). The maximum absolute atomic E-state index is 14.8. The molecule has 2 aliphatic heterocycles. The molecule has 6 heteroatoms. The largest absolute Gasteiger partial charge is 0.372 e. The van der Waals surface area contributed by atoms with Gasteiger partial charge in [0.15, 0.2) is 0 Å². The molecule has 0 saturated carbocycles. The van der Waals surface area contributed by atoms with Crippen molar-refractivity contribution in [2.45, 2.75) is 18.9 Å². The van der Waals surface area contributed by atoms with Gasteiger partial charge in [-0.1, -0.05) is 24.3 Å². The van der Waals surface area contributed by atoms with Crippen LogP contribution >= 0.6 is 0 Å².